The molecule has 1 aromatic rings. The molecule has 0 aliphatic heterocycles. The first kappa shape index (κ1) is 15.5. The average molecular weight is 289 g/mol. The number of carboxylic acid groups (broad SMARTS) is 1. The van der Waals surface area contributed by atoms with Gasteiger partial charge in [-0.05, 0) is 37.2 Å². The molecule has 1 aliphatic rings. The fourth-order valence-corrected chi connectivity index (χ4v) is 2.61. The van der Waals surface area contributed by atoms with Gasteiger partial charge in [-0.3, -0.25) is 9.59 Å². The molecule has 1 fully saturated rings. The summed E-state index contributed by atoms with van der Waals surface area (Å²) >= 11 is 0. The van der Waals surface area contributed by atoms with Crippen LogP contribution in [0, 0.1) is 5.41 Å². The molecule has 2 N–H and O–H groups in total. The quantitative estimate of drug-likeness (QED) is 0.811. The average Bonchev–Trinajstić information content (AvgIpc) is 3.26. The molecule has 21 heavy (non-hydrogen) atoms. The van der Waals surface area contributed by atoms with Crippen molar-refractivity contribution in [2.45, 2.75) is 44.9 Å². The van der Waals surface area contributed by atoms with Crippen molar-refractivity contribution in [3.63, 3.8) is 0 Å². The van der Waals surface area contributed by atoms with Crippen LogP contribution in [-0.4, -0.2) is 23.5 Å². The van der Waals surface area contributed by atoms with Crippen LogP contribution in [0.3, 0.4) is 0 Å². The highest BCUT2D eigenvalue weighted by Gasteiger charge is 2.42. The zero-order valence-corrected chi connectivity index (χ0v) is 12.7. The Labute approximate surface area is 125 Å². The molecule has 1 saturated carbocycles. The van der Waals surface area contributed by atoms with Gasteiger partial charge in [0.2, 0.25) is 5.91 Å². The summed E-state index contributed by atoms with van der Waals surface area (Å²) in [4.78, 5) is 23.8. The van der Waals surface area contributed by atoms with Crippen molar-refractivity contribution in [3.05, 3.63) is 35.9 Å². The van der Waals surface area contributed by atoms with E-state index in [1.807, 2.05) is 6.07 Å². The fourth-order valence-electron chi connectivity index (χ4n) is 2.61. The van der Waals surface area contributed by atoms with E-state index in [-0.39, 0.29) is 17.7 Å². The number of hydrogen-bond acceptors (Lipinski definition) is 2. The fraction of sp³-hybridized carbons (Fsp3) is 0.529. The third-order valence-electron chi connectivity index (χ3n) is 4.76. The third kappa shape index (κ3) is 3.43. The van der Waals surface area contributed by atoms with Crippen molar-refractivity contribution >= 4 is 11.9 Å². The monoisotopic (exact) mass is 289 g/mol. The molecule has 0 bridgehead atoms. The summed E-state index contributed by atoms with van der Waals surface area (Å²) in [6.07, 6.45) is 3.33. The summed E-state index contributed by atoms with van der Waals surface area (Å²) in [5.41, 5.74) is -0.264. The normalized spacial score (nSPS) is 18.6. The molecule has 4 heteroatoms. The number of carbonyl (C=O) groups excluding carboxylic acids is 1. The highest BCUT2D eigenvalue weighted by atomic mass is 16.4. The summed E-state index contributed by atoms with van der Waals surface area (Å²) < 4.78 is 0. The van der Waals surface area contributed by atoms with Gasteiger partial charge in [0, 0.05) is 13.0 Å². The molecular formula is C17H23NO3. The second-order valence-corrected chi connectivity index (χ2v) is 6.31. The second kappa shape index (κ2) is 5.88. The Morgan fingerprint density at radius 3 is 2.38 bits per heavy atom. The maximum atomic E-state index is 12.2. The van der Waals surface area contributed by atoms with Crippen molar-refractivity contribution in [3.8, 4) is 0 Å². The largest absolute Gasteiger partial charge is 0.481 e. The first-order chi connectivity index (χ1) is 9.92. The second-order valence-electron chi connectivity index (χ2n) is 6.31. The summed E-state index contributed by atoms with van der Waals surface area (Å²) in [6, 6.07) is 8.95. The Morgan fingerprint density at radius 2 is 1.90 bits per heavy atom. The van der Waals surface area contributed by atoms with Crippen LogP contribution in [0.25, 0.3) is 0 Å². The van der Waals surface area contributed by atoms with Crippen LogP contribution < -0.4 is 5.32 Å². The van der Waals surface area contributed by atoms with Gasteiger partial charge in [-0.25, -0.2) is 0 Å². The zero-order valence-electron chi connectivity index (χ0n) is 12.7. The smallest absolute Gasteiger partial charge is 0.314 e. The van der Waals surface area contributed by atoms with E-state index in [0.29, 0.717) is 12.1 Å². The SMILES string of the molecule is CCC1(CNC(=O)CC(C)(C(=O)O)c2ccccc2)CC1. The van der Waals surface area contributed by atoms with Crippen LogP contribution in [0.4, 0.5) is 0 Å². The summed E-state index contributed by atoms with van der Waals surface area (Å²) in [7, 11) is 0. The van der Waals surface area contributed by atoms with Crippen LogP contribution in [0.15, 0.2) is 30.3 Å². The number of carbonyl (C=O) groups is 2. The third-order valence-corrected chi connectivity index (χ3v) is 4.76. The van der Waals surface area contributed by atoms with Crippen LogP contribution in [0.1, 0.15) is 45.1 Å². The Hall–Kier alpha value is -1.84. The first-order valence-electron chi connectivity index (χ1n) is 7.47. The van der Waals surface area contributed by atoms with E-state index < -0.39 is 11.4 Å². The Kier molecular flexibility index (Phi) is 4.35. The molecular weight excluding hydrogens is 266 g/mol. The van der Waals surface area contributed by atoms with Crippen molar-refractivity contribution < 1.29 is 14.7 Å². The summed E-state index contributed by atoms with van der Waals surface area (Å²) in [6.45, 7) is 4.40. The number of aliphatic carboxylic acids is 1. The molecule has 1 amide bonds. The van der Waals surface area contributed by atoms with E-state index >= 15 is 0 Å². The summed E-state index contributed by atoms with van der Waals surface area (Å²) in [5, 5.41) is 12.5. The number of nitrogens with one attached hydrogen (secondary N) is 1. The number of benzene rings is 1. The van der Waals surface area contributed by atoms with Crippen LogP contribution in [-0.2, 0) is 15.0 Å². The Bertz CT molecular complexity index is 522. The molecule has 1 unspecified atom stereocenters. The first-order valence-corrected chi connectivity index (χ1v) is 7.47. The predicted molar refractivity (Wildman–Crippen MR) is 81.0 cm³/mol. The van der Waals surface area contributed by atoms with E-state index in [9.17, 15) is 14.7 Å². The van der Waals surface area contributed by atoms with Gasteiger partial charge in [0.25, 0.3) is 0 Å². The van der Waals surface area contributed by atoms with E-state index in [1.54, 1.807) is 31.2 Å². The van der Waals surface area contributed by atoms with Gasteiger partial charge in [0.1, 0.15) is 0 Å². The van der Waals surface area contributed by atoms with Gasteiger partial charge in [-0.1, -0.05) is 37.3 Å². The van der Waals surface area contributed by atoms with E-state index in [1.165, 1.54) is 0 Å². The molecule has 1 aliphatic carbocycles. The molecule has 0 aromatic heterocycles. The van der Waals surface area contributed by atoms with Crippen LogP contribution >= 0.6 is 0 Å². The highest BCUT2D eigenvalue weighted by molar-refractivity contribution is 5.89. The highest BCUT2D eigenvalue weighted by Crippen LogP contribution is 2.47. The van der Waals surface area contributed by atoms with E-state index in [2.05, 4.69) is 12.2 Å². The van der Waals surface area contributed by atoms with Gasteiger partial charge < -0.3 is 10.4 Å². The molecule has 0 saturated heterocycles. The lowest BCUT2D eigenvalue weighted by Crippen LogP contribution is -2.40. The molecule has 1 atom stereocenters. The number of hydrogen-bond donors (Lipinski definition) is 2. The van der Waals surface area contributed by atoms with Crippen molar-refractivity contribution in [1.82, 2.24) is 5.32 Å². The molecule has 0 spiro atoms. The minimum atomic E-state index is -1.19. The molecule has 0 radical (unpaired) electrons. The number of carboxylic acids is 1. The van der Waals surface area contributed by atoms with E-state index in [0.717, 1.165) is 19.3 Å². The van der Waals surface area contributed by atoms with E-state index in [4.69, 9.17) is 0 Å². The van der Waals surface area contributed by atoms with Crippen molar-refractivity contribution in [2.24, 2.45) is 5.41 Å². The molecule has 4 nitrogen and oxygen atoms in total. The van der Waals surface area contributed by atoms with Gasteiger partial charge in [-0.2, -0.15) is 0 Å². The molecule has 2 rings (SSSR count). The lowest BCUT2D eigenvalue weighted by atomic mass is 9.79. The van der Waals surface area contributed by atoms with Crippen molar-refractivity contribution in [2.75, 3.05) is 6.54 Å². The van der Waals surface area contributed by atoms with Gasteiger partial charge in [-0.15, -0.1) is 0 Å². The topological polar surface area (TPSA) is 66.4 Å². The van der Waals surface area contributed by atoms with Gasteiger partial charge >= 0.3 is 5.97 Å². The summed E-state index contributed by atoms with van der Waals surface area (Å²) in [5.74, 6) is -1.16. The molecule has 1 aromatic carbocycles. The van der Waals surface area contributed by atoms with Gasteiger partial charge in [0.05, 0.1) is 5.41 Å². The number of rotatable bonds is 7. The Balaban J connectivity index is 2.03. The van der Waals surface area contributed by atoms with Crippen LogP contribution in [0.2, 0.25) is 0 Å². The maximum absolute atomic E-state index is 12.2. The standard InChI is InChI=1S/C17H23NO3/c1-3-17(9-10-17)12-18-14(19)11-16(2,15(20)21)13-7-5-4-6-8-13/h4-8H,3,9-12H2,1-2H3,(H,18,19)(H,20,21). The lowest BCUT2D eigenvalue weighted by Gasteiger charge is -2.25. The Morgan fingerprint density at radius 1 is 1.29 bits per heavy atom. The predicted octanol–water partition coefficient (Wildman–Crippen LogP) is 2.73. The van der Waals surface area contributed by atoms with Crippen LogP contribution in [0.5, 0.6) is 0 Å². The minimum Gasteiger partial charge on any atom is -0.481 e. The number of amides is 1. The maximum Gasteiger partial charge on any atom is 0.314 e. The zero-order chi connectivity index (χ0) is 15.5. The van der Waals surface area contributed by atoms with Crippen molar-refractivity contribution in [1.29, 1.82) is 0 Å². The molecule has 0 heterocycles. The molecule has 114 valence electrons. The van der Waals surface area contributed by atoms with Gasteiger partial charge in [0.15, 0.2) is 0 Å². The minimum absolute atomic E-state index is 0.0356. The lowest BCUT2D eigenvalue weighted by molar-refractivity contribution is -0.145.